The average Bonchev–Trinajstić information content (AvgIpc) is 2.86. The summed E-state index contributed by atoms with van der Waals surface area (Å²) < 4.78 is 1.97. The standard InChI is InChI=1S/C18H16N2O2/c1-12-5-3-7-15(9-12)20-13(2)16(18(21)22)10-17(20)14-6-4-8-19-11-14/h3-11H,1-2H3,(H,21,22). The first-order valence-corrected chi connectivity index (χ1v) is 7.01. The Balaban J connectivity index is 2.30. The Morgan fingerprint density at radius 2 is 1.95 bits per heavy atom. The molecule has 3 aromatic rings. The summed E-state index contributed by atoms with van der Waals surface area (Å²) in [5.41, 5.74) is 4.80. The van der Waals surface area contributed by atoms with Crippen LogP contribution in [0.1, 0.15) is 21.6 Å². The van der Waals surface area contributed by atoms with Gasteiger partial charge in [-0.05, 0) is 49.7 Å². The highest BCUT2D eigenvalue weighted by atomic mass is 16.4. The maximum atomic E-state index is 11.5. The number of benzene rings is 1. The SMILES string of the molecule is Cc1cccc(-n2c(-c3cccnc3)cc(C(=O)O)c2C)c1. The Hall–Kier alpha value is -2.88. The van der Waals surface area contributed by atoms with Crippen LogP contribution in [0.4, 0.5) is 0 Å². The number of rotatable bonds is 3. The van der Waals surface area contributed by atoms with Gasteiger partial charge < -0.3 is 9.67 Å². The molecule has 0 amide bonds. The minimum Gasteiger partial charge on any atom is -0.478 e. The molecule has 3 rings (SSSR count). The van der Waals surface area contributed by atoms with Gasteiger partial charge in [0.1, 0.15) is 0 Å². The molecular formula is C18H16N2O2. The van der Waals surface area contributed by atoms with Crippen molar-refractivity contribution in [1.29, 1.82) is 0 Å². The van der Waals surface area contributed by atoms with Crippen molar-refractivity contribution >= 4 is 5.97 Å². The molecule has 0 aliphatic rings. The number of carbonyl (C=O) groups is 1. The average molecular weight is 292 g/mol. The van der Waals surface area contributed by atoms with Crippen LogP contribution in [-0.4, -0.2) is 20.6 Å². The van der Waals surface area contributed by atoms with Crippen LogP contribution in [0.5, 0.6) is 0 Å². The van der Waals surface area contributed by atoms with E-state index in [2.05, 4.69) is 4.98 Å². The monoisotopic (exact) mass is 292 g/mol. The third-order valence-corrected chi connectivity index (χ3v) is 3.69. The summed E-state index contributed by atoms with van der Waals surface area (Å²) in [4.78, 5) is 15.6. The van der Waals surface area contributed by atoms with Crippen LogP contribution in [0.15, 0.2) is 54.9 Å². The van der Waals surface area contributed by atoms with E-state index in [1.807, 2.05) is 54.8 Å². The quantitative estimate of drug-likeness (QED) is 0.797. The van der Waals surface area contributed by atoms with Crippen LogP contribution in [0.25, 0.3) is 16.9 Å². The van der Waals surface area contributed by atoms with E-state index in [4.69, 9.17) is 0 Å². The predicted molar refractivity (Wildman–Crippen MR) is 85.4 cm³/mol. The molecule has 1 aromatic carbocycles. The van der Waals surface area contributed by atoms with E-state index in [0.29, 0.717) is 11.3 Å². The first-order valence-electron chi connectivity index (χ1n) is 7.01. The zero-order valence-electron chi connectivity index (χ0n) is 12.4. The van der Waals surface area contributed by atoms with Gasteiger partial charge in [0, 0.05) is 29.3 Å². The van der Waals surface area contributed by atoms with Gasteiger partial charge in [0.15, 0.2) is 0 Å². The molecule has 0 aliphatic carbocycles. The largest absolute Gasteiger partial charge is 0.478 e. The lowest BCUT2D eigenvalue weighted by Crippen LogP contribution is -2.02. The summed E-state index contributed by atoms with van der Waals surface area (Å²) in [5, 5.41) is 9.42. The number of carboxylic acids is 1. The van der Waals surface area contributed by atoms with Crippen LogP contribution in [0.3, 0.4) is 0 Å². The molecule has 0 saturated heterocycles. The van der Waals surface area contributed by atoms with E-state index < -0.39 is 5.97 Å². The summed E-state index contributed by atoms with van der Waals surface area (Å²) in [6.07, 6.45) is 3.45. The summed E-state index contributed by atoms with van der Waals surface area (Å²) in [7, 11) is 0. The Morgan fingerprint density at radius 1 is 1.14 bits per heavy atom. The molecular weight excluding hydrogens is 276 g/mol. The topological polar surface area (TPSA) is 55.1 Å². The van der Waals surface area contributed by atoms with Gasteiger partial charge in [-0.2, -0.15) is 0 Å². The number of hydrogen-bond donors (Lipinski definition) is 1. The van der Waals surface area contributed by atoms with E-state index in [9.17, 15) is 9.90 Å². The summed E-state index contributed by atoms with van der Waals surface area (Å²) >= 11 is 0. The van der Waals surface area contributed by atoms with E-state index >= 15 is 0 Å². The summed E-state index contributed by atoms with van der Waals surface area (Å²) in [6.45, 7) is 3.84. The van der Waals surface area contributed by atoms with Gasteiger partial charge >= 0.3 is 5.97 Å². The number of hydrogen-bond acceptors (Lipinski definition) is 2. The molecule has 1 N–H and O–H groups in total. The van der Waals surface area contributed by atoms with E-state index in [0.717, 1.165) is 22.5 Å². The molecule has 0 aliphatic heterocycles. The van der Waals surface area contributed by atoms with E-state index in [-0.39, 0.29) is 0 Å². The third kappa shape index (κ3) is 2.39. The second-order valence-corrected chi connectivity index (χ2v) is 5.25. The van der Waals surface area contributed by atoms with Crippen molar-refractivity contribution < 1.29 is 9.90 Å². The number of nitrogens with zero attached hydrogens (tertiary/aromatic N) is 2. The van der Waals surface area contributed by atoms with Crippen molar-refractivity contribution in [2.24, 2.45) is 0 Å². The van der Waals surface area contributed by atoms with Crippen LogP contribution in [0, 0.1) is 13.8 Å². The van der Waals surface area contributed by atoms with Crippen molar-refractivity contribution in [3.63, 3.8) is 0 Å². The van der Waals surface area contributed by atoms with Crippen molar-refractivity contribution in [3.05, 3.63) is 71.7 Å². The second kappa shape index (κ2) is 5.48. The van der Waals surface area contributed by atoms with Crippen molar-refractivity contribution in [2.45, 2.75) is 13.8 Å². The summed E-state index contributed by atoms with van der Waals surface area (Å²) in [6, 6.07) is 13.5. The van der Waals surface area contributed by atoms with E-state index in [1.165, 1.54) is 0 Å². The molecule has 4 nitrogen and oxygen atoms in total. The lowest BCUT2D eigenvalue weighted by molar-refractivity contribution is 0.0696. The third-order valence-electron chi connectivity index (χ3n) is 3.69. The number of aryl methyl sites for hydroxylation is 1. The number of carboxylic acid groups (broad SMARTS) is 1. The highest BCUT2D eigenvalue weighted by molar-refractivity contribution is 5.91. The molecule has 110 valence electrons. The Bertz CT molecular complexity index is 836. The maximum absolute atomic E-state index is 11.5. The highest BCUT2D eigenvalue weighted by Gasteiger charge is 2.19. The number of aromatic carboxylic acids is 1. The molecule has 0 spiro atoms. The van der Waals surface area contributed by atoms with Gasteiger partial charge in [-0.15, -0.1) is 0 Å². The Morgan fingerprint density at radius 3 is 2.59 bits per heavy atom. The zero-order valence-corrected chi connectivity index (χ0v) is 12.4. The molecule has 0 bridgehead atoms. The van der Waals surface area contributed by atoms with Gasteiger partial charge in [0.2, 0.25) is 0 Å². The number of pyridine rings is 1. The van der Waals surface area contributed by atoms with Gasteiger partial charge in [-0.1, -0.05) is 12.1 Å². The molecule has 22 heavy (non-hydrogen) atoms. The van der Waals surface area contributed by atoms with E-state index in [1.54, 1.807) is 18.5 Å². The molecule has 2 aromatic heterocycles. The lowest BCUT2D eigenvalue weighted by atomic mass is 10.2. The molecule has 0 fully saturated rings. The predicted octanol–water partition coefficient (Wildman–Crippen LogP) is 3.85. The first kappa shape index (κ1) is 14.1. The van der Waals surface area contributed by atoms with Gasteiger partial charge in [0.05, 0.1) is 11.3 Å². The van der Waals surface area contributed by atoms with Crippen molar-refractivity contribution in [1.82, 2.24) is 9.55 Å². The van der Waals surface area contributed by atoms with Crippen LogP contribution in [0.2, 0.25) is 0 Å². The minimum atomic E-state index is -0.922. The Kier molecular flexibility index (Phi) is 3.51. The van der Waals surface area contributed by atoms with Crippen molar-refractivity contribution in [2.75, 3.05) is 0 Å². The van der Waals surface area contributed by atoms with Gasteiger partial charge in [-0.25, -0.2) is 4.79 Å². The van der Waals surface area contributed by atoms with Crippen LogP contribution in [-0.2, 0) is 0 Å². The number of aromatic nitrogens is 2. The molecule has 4 heteroatoms. The molecule has 0 radical (unpaired) electrons. The Labute approximate surface area is 128 Å². The fraction of sp³-hybridized carbons (Fsp3) is 0.111. The maximum Gasteiger partial charge on any atom is 0.337 e. The lowest BCUT2D eigenvalue weighted by Gasteiger charge is -2.12. The minimum absolute atomic E-state index is 0.306. The molecule has 2 heterocycles. The normalized spacial score (nSPS) is 10.6. The van der Waals surface area contributed by atoms with Gasteiger partial charge in [-0.3, -0.25) is 4.98 Å². The molecule has 0 unspecified atom stereocenters. The zero-order chi connectivity index (χ0) is 15.7. The first-order chi connectivity index (χ1) is 10.6. The van der Waals surface area contributed by atoms with Crippen molar-refractivity contribution in [3.8, 4) is 16.9 Å². The highest BCUT2D eigenvalue weighted by Crippen LogP contribution is 2.29. The smallest absolute Gasteiger partial charge is 0.337 e. The van der Waals surface area contributed by atoms with Gasteiger partial charge in [0.25, 0.3) is 0 Å². The second-order valence-electron chi connectivity index (χ2n) is 5.25. The van der Waals surface area contributed by atoms with Crippen LogP contribution < -0.4 is 0 Å². The summed E-state index contributed by atoms with van der Waals surface area (Å²) in [5.74, 6) is -0.922. The molecule has 0 atom stereocenters. The fourth-order valence-electron chi connectivity index (χ4n) is 2.65. The van der Waals surface area contributed by atoms with Crippen LogP contribution >= 0.6 is 0 Å². The fourth-order valence-corrected chi connectivity index (χ4v) is 2.65. The molecule has 0 saturated carbocycles.